The Balaban J connectivity index is 1.47. The largest absolute Gasteiger partial charge is 0.366 e. The number of piperazine rings is 1. The number of hydrogen-bond donors (Lipinski definition) is 3. The Morgan fingerprint density at radius 1 is 1.14 bits per heavy atom. The smallest absolute Gasteiger partial charge is 0.251 e. The summed E-state index contributed by atoms with van der Waals surface area (Å²) < 4.78 is 13.7. The molecular formula is C18H19FN8O2. The number of fused-ring (bicyclic) bond motifs is 1. The van der Waals surface area contributed by atoms with Crippen LogP contribution in [0.15, 0.2) is 24.5 Å². The van der Waals surface area contributed by atoms with Crippen LogP contribution in [0, 0.1) is 5.82 Å². The first-order chi connectivity index (χ1) is 13.9. The number of aromatic nitrogens is 4. The maximum atomic E-state index is 13.7. The van der Waals surface area contributed by atoms with Crippen molar-refractivity contribution >= 4 is 40.4 Å². The fourth-order valence-electron chi connectivity index (χ4n) is 3.28. The third-order valence-electron chi connectivity index (χ3n) is 4.65. The average Bonchev–Trinajstić information content (AvgIpc) is 3.11. The fraction of sp³-hybridized carbons (Fsp3) is 0.278. The molecule has 2 aromatic heterocycles. The molecule has 0 bridgehead atoms. The molecule has 3 heterocycles. The normalized spacial score (nSPS) is 14.3. The van der Waals surface area contributed by atoms with Crippen LogP contribution in [0.4, 0.5) is 22.0 Å². The van der Waals surface area contributed by atoms with E-state index in [-0.39, 0.29) is 11.5 Å². The van der Waals surface area contributed by atoms with Crippen molar-refractivity contribution in [1.82, 2.24) is 19.9 Å². The van der Waals surface area contributed by atoms with Gasteiger partial charge in [-0.2, -0.15) is 0 Å². The number of carbonyl (C=O) groups excluding carboxylic acids is 2. The number of carbonyl (C=O) groups is 2. The van der Waals surface area contributed by atoms with Gasteiger partial charge in [-0.15, -0.1) is 0 Å². The van der Waals surface area contributed by atoms with Gasteiger partial charge in [-0.3, -0.25) is 9.59 Å². The van der Waals surface area contributed by atoms with Crippen LogP contribution in [0.25, 0.3) is 11.0 Å². The molecule has 0 spiro atoms. The van der Waals surface area contributed by atoms with Crippen LogP contribution in [-0.4, -0.2) is 57.9 Å². The van der Waals surface area contributed by atoms with Gasteiger partial charge >= 0.3 is 0 Å². The summed E-state index contributed by atoms with van der Waals surface area (Å²) in [6.07, 6.45) is 3.13. The highest BCUT2D eigenvalue weighted by atomic mass is 19.1. The molecule has 0 aliphatic carbocycles. The maximum Gasteiger partial charge on any atom is 0.251 e. The van der Waals surface area contributed by atoms with Crippen molar-refractivity contribution in [2.75, 3.05) is 41.3 Å². The SMILES string of the molecule is CC(=O)Nc1cnc(N2CCN(c3nc4c(C(N)=O)cc(F)cc4[nH]3)CC2)cn1. The van der Waals surface area contributed by atoms with Gasteiger partial charge in [0.05, 0.1) is 23.5 Å². The van der Waals surface area contributed by atoms with Crippen LogP contribution < -0.4 is 20.9 Å². The van der Waals surface area contributed by atoms with Gasteiger partial charge in [-0.25, -0.2) is 19.3 Å². The van der Waals surface area contributed by atoms with Crippen molar-refractivity contribution in [1.29, 1.82) is 0 Å². The first-order valence-electron chi connectivity index (χ1n) is 8.99. The van der Waals surface area contributed by atoms with E-state index in [0.717, 1.165) is 6.07 Å². The maximum absolute atomic E-state index is 13.7. The number of primary amides is 1. The predicted molar refractivity (Wildman–Crippen MR) is 105 cm³/mol. The number of nitrogens with two attached hydrogens (primary N) is 1. The number of benzene rings is 1. The number of H-pyrrole nitrogens is 1. The summed E-state index contributed by atoms with van der Waals surface area (Å²) in [6, 6.07) is 2.39. The summed E-state index contributed by atoms with van der Waals surface area (Å²) in [5.74, 6) is 0.193. The molecule has 1 aromatic carbocycles. The predicted octanol–water partition coefficient (Wildman–Crippen LogP) is 0.876. The lowest BCUT2D eigenvalue weighted by Crippen LogP contribution is -2.47. The summed E-state index contributed by atoms with van der Waals surface area (Å²) in [7, 11) is 0. The number of halogens is 1. The second-order valence-electron chi connectivity index (χ2n) is 6.69. The van der Waals surface area contributed by atoms with Gasteiger partial charge in [-0.05, 0) is 12.1 Å². The Morgan fingerprint density at radius 2 is 1.86 bits per heavy atom. The molecule has 1 aliphatic heterocycles. The number of rotatable bonds is 4. The van der Waals surface area contributed by atoms with Gasteiger partial charge in [0.25, 0.3) is 5.91 Å². The van der Waals surface area contributed by atoms with Gasteiger partial charge in [0.15, 0.2) is 5.82 Å². The molecule has 2 amide bonds. The van der Waals surface area contributed by atoms with Crippen LogP contribution in [0.1, 0.15) is 17.3 Å². The van der Waals surface area contributed by atoms with Crippen molar-refractivity contribution in [3.05, 3.63) is 35.9 Å². The standard InChI is InChI=1S/C18H19FN8O2/c1-10(28)23-14-8-22-15(9-21-14)26-2-4-27(5-3-26)18-24-13-7-11(19)6-12(17(20)29)16(13)25-18/h6-9H,2-5H2,1H3,(H2,20,29)(H,24,25)(H,21,23,28). The summed E-state index contributed by atoms with van der Waals surface area (Å²) in [6.45, 7) is 4.03. The number of aromatic amines is 1. The highest BCUT2D eigenvalue weighted by molar-refractivity contribution is 6.04. The molecule has 1 saturated heterocycles. The second-order valence-corrected chi connectivity index (χ2v) is 6.69. The van der Waals surface area contributed by atoms with E-state index in [1.165, 1.54) is 19.2 Å². The summed E-state index contributed by atoms with van der Waals surface area (Å²) >= 11 is 0. The van der Waals surface area contributed by atoms with E-state index >= 15 is 0 Å². The topological polar surface area (TPSA) is 133 Å². The van der Waals surface area contributed by atoms with Crippen LogP contribution in [0.3, 0.4) is 0 Å². The third kappa shape index (κ3) is 3.79. The highest BCUT2D eigenvalue weighted by Gasteiger charge is 2.22. The molecule has 0 unspecified atom stereocenters. The Kier molecular flexibility index (Phi) is 4.71. The van der Waals surface area contributed by atoms with Crippen molar-refractivity contribution < 1.29 is 14.0 Å². The van der Waals surface area contributed by atoms with E-state index in [2.05, 4.69) is 30.2 Å². The zero-order valence-corrected chi connectivity index (χ0v) is 15.6. The van der Waals surface area contributed by atoms with E-state index < -0.39 is 11.7 Å². The molecule has 0 atom stereocenters. The van der Waals surface area contributed by atoms with Crippen molar-refractivity contribution in [2.45, 2.75) is 6.92 Å². The minimum atomic E-state index is -0.723. The number of amides is 2. The molecule has 150 valence electrons. The molecule has 11 heteroatoms. The van der Waals surface area contributed by atoms with Crippen molar-refractivity contribution in [2.24, 2.45) is 5.73 Å². The molecule has 3 aromatic rings. The third-order valence-corrected chi connectivity index (χ3v) is 4.65. The monoisotopic (exact) mass is 398 g/mol. The van der Waals surface area contributed by atoms with E-state index in [4.69, 9.17) is 5.73 Å². The number of anilines is 3. The molecule has 0 saturated carbocycles. The van der Waals surface area contributed by atoms with Gasteiger partial charge in [-0.1, -0.05) is 0 Å². The highest BCUT2D eigenvalue weighted by Crippen LogP contribution is 2.24. The first kappa shape index (κ1) is 18.6. The van der Waals surface area contributed by atoms with Gasteiger partial charge in [0.1, 0.15) is 17.2 Å². The Morgan fingerprint density at radius 3 is 2.48 bits per heavy atom. The van der Waals surface area contributed by atoms with Crippen molar-refractivity contribution in [3.8, 4) is 0 Å². The first-order valence-corrected chi connectivity index (χ1v) is 8.99. The summed E-state index contributed by atoms with van der Waals surface area (Å²) in [5.41, 5.74) is 6.18. The molecule has 29 heavy (non-hydrogen) atoms. The molecular weight excluding hydrogens is 379 g/mol. The molecule has 1 aliphatic rings. The lowest BCUT2D eigenvalue weighted by Gasteiger charge is -2.35. The minimum Gasteiger partial charge on any atom is -0.366 e. The van der Waals surface area contributed by atoms with Crippen LogP contribution in [0.2, 0.25) is 0 Å². The quantitative estimate of drug-likeness (QED) is 0.594. The fourth-order valence-corrected chi connectivity index (χ4v) is 3.28. The van der Waals surface area contributed by atoms with Crippen molar-refractivity contribution in [3.63, 3.8) is 0 Å². The lowest BCUT2D eigenvalue weighted by atomic mass is 10.1. The summed E-state index contributed by atoms with van der Waals surface area (Å²) in [4.78, 5) is 42.8. The Hall–Kier alpha value is -3.76. The number of nitrogens with zero attached hydrogens (tertiary/aromatic N) is 5. The van der Waals surface area contributed by atoms with E-state index in [1.807, 2.05) is 4.90 Å². The second kappa shape index (κ2) is 7.34. The summed E-state index contributed by atoms with van der Waals surface area (Å²) in [5, 5.41) is 2.58. The minimum absolute atomic E-state index is 0.0515. The molecule has 4 rings (SSSR count). The Bertz CT molecular complexity index is 1070. The Labute approximate surface area is 164 Å². The van der Waals surface area contributed by atoms with Crippen LogP contribution >= 0.6 is 0 Å². The zero-order valence-electron chi connectivity index (χ0n) is 15.6. The van der Waals surface area contributed by atoms with Crippen LogP contribution in [-0.2, 0) is 4.79 Å². The zero-order chi connectivity index (χ0) is 20.5. The number of nitrogens with one attached hydrogen (secondary N) is 2. The number of imidazole rings is 1. The van der Waals surface area contributed by atoms with E-state index in [0.29, 0.717) is 54.8 Å². The van der Waals surface area contributed by atoms with Crippen LogP contribution in [0.5, 0.6) is 0 Å². The van der Waals surface area contributed by atoms with E-state index in [9.17, 15) is 14.0 Å². The molecule has 0 radical (unpaired) electrons. The van der Waals surface area contributed by atoms with E-state index in [1.54, 1.807) is 6.20 Å². The number of hydrogen-bond acceptors (Lipinski definition) is 7. The lowest BCUT2D eigenvalue weighted by molar-refractivity contribution is -0.114. The molecule has 10 nitrogen and oxygen atoms in total. The van der Waals surface area contributed by atoms with Gasteiger partial charge in [0.2, 0.25) is 11.9 Å². The molecule has 4 N–H and O–H groups in total. The van der Waals surface area contributed by atoms with Gasteiger partial charge in [0, 0.05) is 33.1 Å². The average molecular weight is 398 g/mol. The van der Waals surface area contributed by atoms with Gasteiger partial charge < -0.3 is 25.8 Å². The molecule has 1 fully saturated rings.